The lowest BCUT2D eigenvalue weighted by molar-refractivity contribution is -0.130. The molecule has 1 heterocycles. The van der Waals surface area contributed by atoms with Gasteiger partial charge < -0.3 is 15.0 Å². The molecule has 136 valence electrons. The molecule has 0 aliphatic carbocycles. The third-order valence-corrected chi connectivity index (χ3v) is 4.94. The number of benzene rings is 1. The monoisotopic (exact) mass is 362 g/mol. The van der Waals surface area contributed by atoms with Gasteiger partial charge in [-0.25, -0.2) is 0 Å². The molecular formula is C19H26N2O3S. The standard InChI is InChI=1S/C19H26N2O3S/c1-3-4-11-24-15(2)19(23)20-17-7-5-16(6-8-17)14-18(22)21-9-12-25-13-10-21/h3,5-8,15H,1,4,9-14H2,2H3,(H,20,23)/t15-/m1/s1. The van der Waals surface area contributed by atoms with Gasteiger partial charge in [0.15, 0.2) is 0 Å². The topological polar surface area (TPSA) is 58.6 Å². The molecule has 1 atom stereocenters. The Morgan fingerprint density at radius 3 is 2.64 bits per heavy atom. The van der Waals surface area contributed by atoms with E-state index in [4.69, 9.17) is 4.74 Å². The molecule has 6 heteroatoms. The van der Waals surface area contributed by atoms with E-state index in [-0.39, 0.29) is 11.8 Å². The number of carbonyl (C=O) groups excluding carboxylic acids is 2. The molecule has 1 aromatic carbocycles. The zero-order chi connectivity index (χ0) is 18.1. The molecule has 0 aromatic heterocycles. The number of hydrogen-bond acceptors (Lipinski definition) is 4. The van der Waals surface area contributed by atoms with E-state index in [1.165, 1.54) is 0 Å². The zero-order valence-corrected chi connectivity index (χ0v) is 15.5. The van der Waals surface area contributed by atoms with Crippen molar-refractivity contribution >= 4 is 29.3 Å². The maximum absolute atomic E-state index is 12.3. The summed E-state index contributed by atoms with van der Waals surface area (Å²) >= 11 is 1.89. The second-order valence-corrected chi connectivity index (χ2v) is 7.17. The Bertz CT molecular complexity index is 583. The maximum Gasteiger partial charge on any atom is 0.253 e. The predicted octanol–water partition coefficient (Wildman–Crippen LogP) is 2.72. The molecule has 25 heavy (non-hydrogen) atoms. The van der Waals surface area contributed by atoms with E-state index < -0.39 is 6.10 Å². The quantitative estimate of drug-likeness (QED) is 0.571. The van der Waals surface area contributed by atoms with Crippen LogP contribution in [0.5, 0.6) is 0 Å². The maximum atomic E-state index is 12.3. The normalized spacial score (nSPS) is 15.5. The van der Waals surface area contributed by atoms with E-state index >= 15 is 0 Å². The molecule has 2 rings (SSSR count). The van der Waals surface area contributed by atoms with Gasteiger partial charge in [0.05, 0.1) is 13.0 Å². The Morgan fingerprint density at radius 2 is 2.00 bits per heavy atom. The van der Waals surface area contributed by atoms with Gasteiger partial charge >= 0.3 is 0 Å². The van der Waals surface area contributed by atoms with Crippen molar-refractivity contribution in [3.63, 3.8) is 0 Å². The molecule has 1 aliphatic heterocycles. The molecule has 1 aliphatic rings. The largest absolute Gasteiger partial charge is 0.368 e. The minimum atomic E-state index is -0.516. The average Bonchev–Trinajstić information content (AvgIpc) is 2.64. The second-order valence-electron chi connectivity index (χ2n) is 5.95. The lowest BCUT2D eigenvalue weighted by atomic mass is 10.1. The minimum Gasteiger partial charge on any atom is -0.368 e. The number of amides is 2. The number of hydrogen-bond donors (Lipinski definition) is 1. The fourth-order valence-corrected chi connectivity index (χ4v) is 3.36. The first-order valence-corrected chi connectivity index (χ1v) is 9.73. The van der Waals surface area contributed by atoms with Crippen LogP contribution in [0.2, 0.25) is 0 Å². The molecule has 0 saturated carbocycles. The highest BCUT2D eigenvalue weighted by atomic mass is 32.2. The first kappa shape index (κ1) is 19.5. The number of anilines is 1. The van der Waals surface area contributed by atoms with Crippen LogP contribution in [0.3, 0.4) is 0 Å². The average molecular weight is 362 g/mol. The van der Waals surface area contributed by atoms with Crippen LogP contribution in [0.15, 0.2) is 36.9 Å². The Labute approximate surface area is 153 Å². The number of rotatable bonds is 8. The van der Waals surface area contributed by atoms with Crippen LogP contribution in [0.25, 0.3) is 0 Å². The van der Waals surface area contributed by atoms with Gasteiger partial charge in [-0.3, -0.25) is 9.59 Å². The van der Waals surface area contributed by atoms with Crippen LogP contribution in [-0.2, 0) is 20.7 Å². The fraction of sp³-hybridized carbons (Fsp3) is 0.474. The number of nitrogens with one attached hydrogen (secondary N) is 1. The molecule has 2 amide bonds. The van der Waals surface area contributed by atoms with Crippen molar-refractivity contribution in [2.24, 2.45) is 0 Å². The zero-order valence-electron chi connectivity index (χ0n) is 14.7. The Morgan fingerprint density at radius 1 is 1.32 bits per heavy atom. The third kappa shape index (κ3) is 6.55. The summed E-state index contributed by atoms with van der Waals surface area (Å²) in [6, 6.07) is 7.41. The smallest absolute Gasteiger partial charge is 0.253 e. The summed E-state index contributed by atoms with van der Waals surface area (Å²) < 4.78 is 5.42. The molecule has 0 spiro atoms. The SMILES string of the molecule is C=CCCO[C@H](C)C(=O)Nc1ccc(CC(=O)N2CCSCC2)cc1. The number of nitrogens with zero attached hydrogens (tertiary/aromatic N) is 1. The van der Waals surface area contributed by atoms with E-state index in [1.54, 1.807) is 13.0 Å². The van der Waals surface area contributed by atoms with Crippen molar-refractivity contribution in [1.29, 1.82) is 0 Å². The van der Waals surface area contributed by atoms with Crippen LogP contribution in [-0.4, -0.2) is 54.0 Å². The van der Waals surface area contributed by atoms with Crippen molar-refractivity contribution in [3.8, 4) is 0 Å². The van der Waals surface area contributed by atoms with Gasteiger partial charge in [-0.15, -0.1) is 6.58 Å². The molecule has 0 radical (unpaired) electrons. The van der Waals surface area contributed by atoms with Crippen LogP contribution < -0.4 is 5.32 Å². The van der Waals surface area contributed by atoms with Crippen LogP contribution in [0.4, 0.5) is 5.69 Å². The summed E-state index contributed by atoms with van der Waals surface area (Å²) in [5, 5.41) is 2.82. The van der Waals surface area contributed by atoms with Crippen molar-refractivity contribution in [2.45, 2.75) is 25.9 Å². The van der Waals surface area contributed by atoms with Gasteiger partial charge in [0, 0.05) is 30.3 Å². The van der Waals surface area contributed by atoms with Gasteiger partial charge in [0.25, 0.3) is 5.91 Å². The van der Waals surface area contributed by atoms with E-state index in [2.05, 4.69) is 11.9 Å². The van der Waals surface area contributed by atoms with Crippen molar-refractivity contribution < 1.29 is 14.3 Å². The lowest BCUT2D eigenvalue weighted by Crippen LogP contribution is -2.38. The van der Waals surface area contributed by atoms with E-state index in [9.17, 15) is 9.59 Å². The number of carbonyl (C=O) groups is 2. The first-order valence-electron chi connectivity index (χ1n) is 8.58. The Balaban J connectivity index is 1.81. The second kappa shape index (κ2) is 10.3. The first-order chi connectivity index (χ1) is 12.1. The molecule has 0 unspecified atom stereocenters. The summed E-state index contributed by atoms with van der Waals surface area (Å²) in [5.41, 5.74) is 1.66. The highest BCUT2D eigenvalue weighted by molar-refractivity contribution is 7.99. The summed E-state index contributed by atoms with van der Waals surface area (Å²) in [7, 11) is 0. The minimum absolute atomic E-state index is 0.168. The van der Waals surface area contributed by atoms with E-state index in [1.807, 2.05) is 40.9 Å². The lowest BCUT2D eigenvalue weighted by Gasteiger charge is -2.26. The summed E-state index contributed by atoms with van der Waals surface area (Å²) in [4.78, 5) is 26.2. The Hall–Kier alpha value is -1.79. The predicted molar refractivity (Wildman–Crippen MR) is 103 cm³/mol. The summed E-state index contributed by atoms with van der Waals surface area (Å²) in [6.07, 6.45) is 2.36. The van der Waals surface area contributed by atoms with Crippen molar-refractivity contribution in [3.05, 3.63) is 42.5 Å². The molecule has 1 saturated heterocycles. The number of thioether (sulfide) groups is 1. The van der Waals surface area contributed by atoms with E-state index in [0.29, 0.717) is 18.7 Å². The highest BCUT2D eigenvalue weighted by Gasteiger charge is 2.17. The third-order valence-electron chi connectivity index (χ3n) is 4.00. The summed E-state index contributed by atoms with van der Waals surface area (Å²) in [5.74, 6) is 2.02. The van der Waals surface area contributed by atoms with Crippen molar-refractivity contribution in [1.82, 2.24) is 4.90 Å². The molecule has 1 N–H and O–H groups in total. The van der Waals surface area contributed by atoms with Gasteiger partial charge in [0.1, 0.15) is 6.10 Å². The van der Waals surface area contributed by atoms with Crippen LogP contribution >= 0.6 is 11.8 Å². The van der Waals surface area contributed by atoms with Gasteiger partial charge in [-0.05, 0) is 31.0 Å². The Kier molecular flexibility index (Phi) is 8.01. The highest BCUT2D eigenvalue weighted by Crippen LogP contribution is 2.14. The molecule has 5 nitrogen and oxygen atoms in total. The summed E-state index contributed by atoms with van der Waals surface area (Å²) in [6.45, 7) is 7.49. The van der Waals surface area contributed by atoms with Crippen LogP contribution in [0, 0.1) is 0 Å². The number of ether oxygens (including phenoxy) is 1. The van der Waals surface area contributed by atoms with Crippen LogP contribution in [0.1, 0.15) is 18.9 Å². The molecule has 0 bridgehead atoms. The molecule has 1 aromatic rings. The fourth-order valence-electron chi connectivity index (χ4n) is 2.45. The van der Waals surface area contributed by atoms with Crippen molar-refractivity contribution in [2.75, 3.05) is 36.5 Å². The van der Waals surface area contributed by atoms with E-state index in [0.717, 1.165) is 36.6 Å². The van der Waals surface area contributed by atoms with Gasteiger partial charge in [-0.2, -0.15) is 11.8 Å². The van der Waals surface area contributed by atoms with Gasteiger partial charge in [0.2, 0.25) is 5.91 Å². The van der Waals surface area contributed by atoms with Gasteiger partial charge in [-0.1, -0.05) is 18.2 Å². The molecular weight excluding hydrogens is 336 g/mol. The molecule has 1 fully saturated rings.